The van der Waals surface area contributed by atoms with Crippen molar-refractivity contribution >= 4 is 20.9 Å². The van der Waals surface area contributed by atoms with E-state index in [1.165, 1.54) is 3.97 Å². The first-order valence-electron chi connectivity index (χ1n) is 9.48. The molecule has 0 radical (unpaired) electrons. The minimum Gasteiger partial charge on any atom is -0.497 e. The third kappa shape index (κ3) is 3.42. The van der Waals surface area contributed by atoms with Crippen molar-refractivity contribution in [2.45, 2.75) is 24.7 Å². The summed E-state index contributed by atoms with van der Waals surface area (Å²) < 4.78 is 34.0. The number of methoxy groups -OCH3 is 1. The minimum absolute atomic E-state index is 0.117. The van der Waals surface area contributed by atoms with Gasteiger partial charge in [0.2, 0.25) is 0 Å². The van der Waals surface area contributed by atoms with Gasteiger partial charge in [0.05, 0.1) is 17.5 Å². The van der Waals surface area contributed by atoms with E-state index in [2.05, 4.69) is 0 Å². The van der Waals surface area contributed by atoms with Gasteiger partial charge in [0.15, 0.2) is 0 Å². The number of aryl methyl sites for hydroxylation is 1. The molecule has 4 nitrogen and oxygen atoms in total. The van der Waals surface area contributed by atoms with Crippen LogP contribution in [0.5, 0.6) is 5.75 Å². The number of nitrogens with zero attached hydrogens (tertiary/aromatic N) is 1. The number of fused-ring (bicyclic) bond motifs is 1. The zero-order valence-electron chi connectivity index (χ0n) is 16.7. The number of benzene rings is 3. The van der Waals surface area contributed by atoms with Gasteiger partial charge in [-0.1, -0.05) is 55.0 Å². The normalized spacial score (nSPS) is 12.8. The lowest BCUT2D eigenvalue weighted by Crippen LogP contribution is -2.17. The summed E-state index contributed by atoms with van der Waals surface area (Å²) in [6, 6.07) is 24.3. The number of para-hydroxylation sites is 1. The molecule has 1 heterocycles. The Bertz CT molecular complexity index is 1250. The molecule has 29 heavy (non-hydrogen) atoms. The number of aromatic nitrogens is 1. The molecular weight excluding hydrogens is 382 g/mol. The summed E-state index contributed by atoms with van der Waals surface area (Å²) in [7, 11) is -2.11. The van der Waals surface area contributed by atoms with Gasteiger partial charge < -0.3 is 4.74 Å². The topological polar surface area (TPSA) is 48.3 Å². The minimum atomic E-state index is -3.74. The molecular formula is C24H23NO3S. The van der Waals surface area contributed by atoms with Crippen LogP contribution >= 0.6 is 0 Å². The highest BCUT2D eigenvalue weighted by molar-refractivity contribution is 7.90. The van der Waals surface area contributed by atoms with Crippen LogP contribution in [0, 0.1) is 6.92 Å². The second-order valence-corrected chi connectivity index (χ2v) is 8.99. The lowest BCUT2D eigenvalue weighted by molar-refractivity contribution is 0.414. The van der Waals surface area contributed by atoms with Gasteiger partial charge in [0.1, 0.15) is 5.75 Å². The van der Waals surface area contributed by atoms with E-state index in [4.69, 9.17) is 4.74 Å². The van der Waals surface area contributed by atoms with Crippen molar-refractivity contribution in [1.29, 1.82) is 0 Å². The van der Waals surface area contributed by atoms with E-state index < -0.39 is 10.0 Å². The van der Waals surface area contributed by atoms with Crippen LogP contribution in [0.25, 0.3) is 10.9 Å². The van der Waals surface area contributed by atoms with E-state index in [1.54, 1.807) is 19.2 Å². The first kappa shape index (κ1) is 19.3. The lowest BCUT2D eigenvalue weighted by atomic mass is 9.98. The lowest BCUT2D eigenvalue weighted by Gasteiger charge is -2.17. The summed E-state index contributed by atoms with van der Waals surface area (Å²) in [5.41, 5.74) is 3.46. The van der Waals surface area contributed by atoms with E-state index in [0.717, 1.165) is 28.0 Å². The van der Waals surface area contributed by atoms with Gasteiger partial charge in [-0.25, -0.2) is 12.4 Å². The number of ether oxygens (including phenoxy) is 1. The van der Waals surface area contributed by atoms with Gasteiger partial charge in [-0.05, 0) is 48.9 Å². The molecule has 0 aliphatic carbocycles. The van der Waals surface area contributed by atoms with Crippen LogP contribution in [0.4, 0.5) is 0 Å². The van der Waals surface area contributed by atoms with Crippen LogP contribution in [0.3, 0.4) is 0 Å². The monoisotopic (exact) mass is 405 g/mol. The molecule has 0 spiro atoms. The molecule has 148 valence electrons. The van der Waals surface area contributed by atoms with E-state index in [1.807, 2.05) is 80.6 Å². The van der Waals surface area contributed by atoms with Crippen LogP contribution in [0.15, 0.2) is 83.8 Å². The molecule has 5 heteroatoms. The van der Waals surface area contributed by atoms with Crippen molar-refractivity contribution < 1.29 is 13.2 Å². The van der Waals surface area contributed by atoms with E-state index in [0.29, 0.717) is 5.52 Å². The highest BCUT2D eigenvalue weighted by Gasteiger charge is 2.26. The zero-order valence-corrected chi connectivity index (χ0v) is 17.5. The molecule has 1 unspecified atom stereocenters. The molecule has 0 saturated carbocycles. The summed E-state index contributed by atoms with van der Waals surface area (Å²) >= 11 is 0. The van der Waals surface area contributed by atoms with Gasteiger partial charge in [0, 0.05) is 17.0 Å². The Kier molecular flexibility index (Phi) is 4.92. The third-order valence-electron chi connectivity index (χ3n) is 5.31. The fraction of sp³-hybridized carbons (Fsp3) is 0.167. The van der Waals surface area contributed by atoms with Crippen LogP contribution < -0.4 is 4.74 Å². The predicted molar refractivity (Wildman–Crippen MR) is 116 cm³/mol. The van der Waals surface area contributed by atoms with Gasteiger partial charge in [-0.3, -0.25) is 0 Å². The first-order valence-corrected chi connectivity index (χ1v) is 10.9. The van der Waals surface area contributed by atoms with Crippen LogP contribution in [0.1, 0.15) is 29.7 Å². The average molecular weight is 406 g/mol. The third-order valence-corrected chi connectivity index (χ3v) is 7.07. The molecule has 4 aromatic rings. The molecule has 0 saturated heterocycles. The Labute approximate surface area is 171 Å². The largest absolute Gasteiger partial charge is 0.497 e. The smallest absolute Gasteiger partial charge is 0.268 e. The first-order chi connectivity index (χ1) is 13.9. The van der Waals surface area contributed by atoms with E-state index in [9.17, 15) is 8.42 Å². The van der Waals surface area contributed by atoms with Crippen LogP contribution in [-0.2, 0) is 10.0 Å². The van der Waals surface area contributed by atoms with Gasteiger partial charge >= 0.3 is 0 Å². The maximum Gasteiger partial charge on any atom is 0.268 e. The van der Waals surface area contributed by atoms with Crippen molar-refractivity contribution in [2.24, 2.45) is 0 Å². The fourth-order valence-corrected chi connectivity index (χ4v) is 5.20. The second-order valence-electron chi connectivity index (χ2n) is 7.21. The van der Waals surface area contributed by atoms with E-state index in [-0.39, 0.29) is 10.8 Å². The highest BCUT2D eigenvalue weighted by Crippen LogP contribution is 2.33. The zero-order chi connectivity index (χ0) is 20.6. The quantitative estimate of drug-likeness (QED) is 0.450. The Morgan fingerprint density at radius 3 is 2.21 bits per heavy atom. The summed E-state index contributed by atoms with van der Waals surface area (Å²) in [6.07, 6.45) is 0. The molecule has 1 aromatic heterocycles. The molecule has 0 bridgehead atoms. The Balaban J connectivity index is 1.92. The van der Waals surface area contributed by atoms with Gasteiger partial charge in [0.25, 0.3) is 10.0 Å². The predicted octanol–water partition coefficient (Wildman–Crippen LogP) is 5.35. The summed E-state index contributed by atoms with van der Waals surface area (Å²) in [5.74, 6) is 0.655. The number of hydrogen-bond donors (Lipinski definition) is 0. The van der Waals surface area contributed by atoms with Crippen molar-refractivity contribution in [1.82, 2.24) is 3.97 Å². The molecule has 4 rings (SSSR count). The van der Waals surface area contributed by atoms with Crippen LogP contribution in [-0.4, -0.2) is 19.5 Å². The second kappa shape index (κ2) is 7.41. The standard InChI is InChI=1S/C24H23NO3S/c1-17-8-14-22(15-9-17)29(26,27)25-23-7-5-4-6-20(23)16-24(25)18(2)19-10-12-21(28-3)13-11-19/h4-16,18H,1-3H3. The molecule has 0 N–H and O–H groups in total. The SMILES string of the molecule is COc1ccc(C(C)c2cc3ccccc3n2S(=O)(=O)c2ccc(C)cc2)cc1. The number of hydrogen-bond acceptors (Lipinski definition) is 3. The fourth-order valence-electron chi connectivity index (χ4n) is 3.60. The Hall–Kier alpha value is -3.05. The molecule has 3 aromatic carbocycles. The van der Waals surface area contributed by atoms with Crippen LogP contribution in [0.2, 0.25) is 0 Å². The summed E-state index contributed by atoms with van der Waals surface area (Å²) in [4.78, 5) is 0.285. The van der Waals surface area contributed by atoms with Crippen molar-refractivity contribution in [3.8, 4) is 5.75 Å². The Morgan fingerprint density at radius 2 is 1.55 bits per heavy atom. The highest BCUT2D eigenvalue weighted by atomic mass is 32.2. The van der Waals surface area contributed by atoms with Crippen molar-refractivity contribution in [3.63, 3.8) is 0 Å². The molecule has 0 aliphatic heterocycles. The van der Waals surface area contributed by atoms with E-state index >= 15 is 0 Å². The molecule has 0 amide bonds. The maximum absolute atomic E-state index is 13.6. The number of rotatable bonds is 5. The maximum atomic E-state index is 13.6. The summed E-state index contributed by atoms with van der Waals surface area (Å²) in [5, 5.41) is 0.901. The average Bonchev–Trinajstić information content (AvgIpc) is 3.14. The van der Waals surface area contributed by atoms with Crippen molar-refractivity contribution in [3.05, 3.63) is 95.7 Å². The van der Waals surface area contributed by atoms with Gasteiger partial charge in [-0.2, -0.15) is 0 Å². The molecule has 0 fully saturated rings. The molecule has 0 aliphatic rings. The van der Waals surface area contributed by atoms with Gasteiger partial charge in [-0.15, -0.1) is 0 Å². The van der Waals surface area contributed by atoms with Crippen molar-refractivity contribution in [2.75, 3.05) is 7.11 Å². The summed E-state index contributed by atoms with van der Waals surface area (Å²) in [6.45, 7) is 3.97. The Morgan fingerprint density at radius 1 is 0.897 bits per heavy atom. The molecule has 1 atom stereocenters.